The van der Waals surface area contributed by atoms with Crippen LogP contribution in [0.4, 0.5) is 13.2 Å². The van der Waals surface area contributed by atoms with Crippen LogP contribution in [0.3, 0.4) is 0 Å². The van der Waals surface area contributed by atoms with Gasteiger partial charge in [-0.15, -0.1) is 0 Å². The lowest BCUT2D eigenvalue weighted by atomic mass is 9.84. The molecule has 0 radical (unpaired) electrons. The Morgan fingerprint density at radius 2 is 1.91 bits per heavy atom. The number of benzene rings is 1. The molecule has 0 bridgehead atoms. The van der Waals surface area contributed by atoms with Crippen LogP contribution in [0.15, 0.2) is 24.3 Å². The predicted molar refractivity (Wildman–Crippen MR) is 74.3 cm³/mol. The number of fused-ring (bicyclic) bond motifs is 1. The van der Waals surface area contributed by atoms with Crippen molar-refractivity contribution in [3.05, 3.63) is 35.4 Å². The Balaban J connectivity index is 2.08. The number of ether oxygens (including phenoxy) is 1. The number of halogens is 3. The summed E-state index contributed by atoms with van der Waals surface area (Å²) in [5.41, 5.74) is 1.89. The van der Waals surface area contributed by atoms with Crippen molar-refractivity contribution >= 4 is 16.1 Å². The van der Waals surface area contributed by atoms with Gasteiger partial charge in [0, 0.05) is 0 Å². The molecule has 0 spiro atoms. The van der Waals surface area contributed by atoms with Gasteiger partial charge in [-0.25, -0.2) is 0 Å². The fourth-order valence-corrected chi connectivity index (χ4v) is 3.16. The highest BCUT2D eigenvalue weighted by Crippen LogP contribution is 2.29. The van der Waals surface area contributed by atoms with Crippen molar-refractivity contribution in [1.29, 1.82) is 0 Å². The molecule has 2 rings (SSSR count). The molecule has 1 N–H and O–H groups in total. The van der Waals surface area contributed by atoms with E-state index in [0.29, 0.717) is 12.8 Å². The van der Waals surface area contributed by atoms with Gasteiger partial charge in [-0.2, -0.15) is 21.6 Å². The van der Waals surface area contributed by atoms with Crippen molar-refractivity contribution in [3.8, 4) is 0 Å². The van der Waals surface area contributed by atoms with Crippen LogP contribution in [-0.4, -0.2) is 37.0 Å². The molecule has 128 valence electrons. The molecule has 9 heteroatoms. The van der Waals surface area contributed by atoms with Crippen molar-refractivity contribution in [2.75, 3.05) is 5.75 Å². The molecule has 5 nitrogen and oxygen atoms in total. The minimum absolute atomic E-state index is 0.242. The van der Waals surface area contributed by atoms with E-state index in [1.54, 1.807) is 12.1 Å². The highest BCUT2D eigenvalue weighted by atomic mass is 32.2. The molecule has 0 amide bonds. The Labute approximate surface area is 131 Å². The summed E-state index contributed by atoms with van der Waals surface area (Å²) in [7, 11) is -4.93. The predicted octanol–water partition coefficient (Wildman–Crippen LogP) is 2.15. The summed E-state index contributed by atoms with van der Waals surface area (Å²) >= 11 is 0. The zero-order valence-corrected chi connectivity index (χ0v) is 12.7. The second kappa shape index (κ2) is 6.48. The average Bonchev–Trinajstić information content (AvgIpc) is 2.43. The number of aryl methyl sites for hydroxylation is 1. The number of hydrogen-bond donors (Lipinski definition) is 1. The first kappa shape index (κ1) is 17.7. The van der Waals surface area contributed by atoms with Gasteiger partial charge in [0.05, 0.1) is 5.92 Å². The van der Waals surface area contributed by atoms with E-state index in [2.05, 4.69) is 4.74 Å². The third-order valence-corrected chi connectivity index (χ3v) is 4.39. The number of rotatable bonds is 4. The van der Waals surface area contributed by atoms with E-state index in [-0.39, 0.29) is 6.42 Å². The van der Waals surface area contributed by atoms with Gasteiger partial charge in [-0.1, -0.05) is 24.3 Å². The molecule has 0 aromatic heterocycles. The fraction of sp³-hybridized carbons (Fsp3) is 0.500. The van der Waals surface area contributed by atoms with Crippen LogP contribution in [0.5, 0.6) is 0 Å². The van der Waals surface area contributed by atoms with E-state index in [1.807, 2.05) is 12.1 Å². The van der Waals surface area contributed by atoms with Crippen LogP contribution in [0.25, 0.3) is 0 Å². The Morgan fingerprint density at radius 1 is 1.30 bits per heavy atom. The van der Waals surface area contributed by atoms with Gasteiger partial charge >= 0.3 is 12.1 Å². The van der Waals surface area contributed by atoms with Crippen molar-refractivity contribution in [2.24, 2.45) is 5.92 Å². The van der Waals surface area contributed by atoms with E-state index in [1.165, 1.54) is 0 Å². The molecule has 1 aliphatic rings. The number of hydrogen-bond acceptors (Lipinski definition) is 4. The Hall–Kier alpha value is -1.61. The van der Waals surface area contributed by atoms with Crippen LogP contribution in [0.1, 0.15) is 17.5 Å². The minimum Gasteiger partial charge on any atom is -0.451 e. The lowest BCUT2D eigenvalue weighted by Crippen LogP contribution is -2.41. The molecule has 0 fully saturated rings. The summed E-state index contributed by atoms with van der Waals surface area (Å²) in [6, 6.07) is 7.27. The molecule has 2 unspecified atom stereocenters. The van der Waals surface area contributed by atoms with Gasteiger partial charge in [0.2, 0.25) is 6.10 Å². The Morgan fingerprint density at radius 3 is 2.48 bits per heavy atom. The monoisotopic (exact) mass is 352 g/mol. The van der Waals surface area contributed by atoms with E-state index >= 15 is 0 Å². The molecule has 1 aliphatic carbocycles. The first-order valence-corrected chi connectivity index (χ1v) is 8.46. The zero-order chi connectivity index (χ0) is 17.3. The van der Waals surface area contributed by atoms with E-state index in [4.69, 9.17) is 4.55 Å². The molecule has 0 saturated heterocycles. The van der Waals surface area contributed by atoms with Gasteiger partial charge in [0.15, 0.2) is 0 Å². The number of alkyl halides is 3. The standard InChI is InChI=1S/C14H15F3O5S/c15-14(16,17)12(8-23(19,20)21)22-13(18)11-6-5-9-3-1-2-4-10(9)7-11/h1-4,11-12H,5-8H2,(H,19,20,21). The van der Waals surface area contributed by atoms with Crippen LogP contribution in [0.2, 0.25) is 0 Å². The number of carbonyl (C=O) groups excluding carboxylic acids is 1. The minimum atomic E-state index is -5.07. The van der Waals surface area contributed by atoms with Gasteiger partial charge < -0.3 is 4.74 Å². The van der Waals surface area contributed by atoms with Crippen LogP contribution in [-0.2, 0) is 32.5 Å². The molecule has 1 aromatic carbocycles. The smallest absolute Gasteiger partial charge is 0.426 e. The van der Waals surface area contributed by atoms with Crippen molar-refractivity contribution in [2.45, 2.75) is 31.5 Å². The van der Waals surface area contributed by atoms with E-state index in [9.17, 15) is 26.4 Å². The molecule has 0 saturated carbocycles. The van der Waals surface area contributed by atoms with Crippen molar-refractivity contribution < 1.29 is 35.7 Å². The van der Waals surface area contributed by atoms with E-state index in [0.717, 1.165) is 11.1 Å². The highest BCUT2D eigenvalue weighted by molar-refractivity contribution is 7.85. The van der Waals surface area contributed by atoms with Crippen LogP contribution >= 0.6 is 0 Å². The maximum Gasteiger partial charge on any atom is 0.426 e. The molecular formula is C14H15F3O5S. The lowest BCUT2D eigenvalue weighted by molar-refractivity contribution is -0.217. The topological polar surface area (TPSA) is 80.7 Å². The van der Waals surface area contributed by atoms with Crippen molar-refractivity contribution in [1.82, 2.24) is 0 Å². The first-order chi connectivity index (χ1) is 10.6. The molecule has 23 heavy (non-hydrogen) atoms. The fourth-order valence-electron chi connectivity index (χ4n) is 2.52. The second-order valence-electron chi connectivity index (χ2n) is 5.42. The quantitative estimate of drug-likeness (QED) is 0.663. The average molecular weight is 352 g/mol. The lowest BCUT2D eigenvalue weighted by Gasteiger charge is -2.26. The maximum absolute atomic E-state index is 12.8. The molecule has 2 atom stereocenters. The van der Waals surface area contributed by atoms with Gasteiger partial charge in [-0.05, 0) is 30.4 Å². The number of esters is 1. The largest absolute Gasteiger partial charge is 0.451 e. The summed E-state index contributed by atoms with van der Waals surface area (Å²) in [6.45, 7) is 0. The second-order valence-corrected chi connectivity index (χ2v) is 6.92. The normalized spacial score (nSPS) is 19.7. The maximum atomic E-state index is 12.8. The highest BCUT2D eigenvalue weighted by Gasteiger charge is 2.46. The molecular weight excluding hydrogens is 337 g/mol. The molecule has 1 aromatic rings. The third kappa shape index (κ3) is 4.93. The summed E-state index contributed by atoms with van der Waals surface area (Å²) in [4.78, 5) is 12.0. The molecule has 0 heterocycles. The number of carbonyl (C=O) groups is 1. The Kier molecular flexibility index (Phi) is 5.00. The van der Waals surface area contributed by atoms with Crippen LogP contribution < -0.4 is 0 Å². The van der Waals surface area contributed by atoms with Gasteiger partial charge in [-0.3, -0.25) is 9.35 Å². The van der Waals surface area contributed by atoms with Crippen molar-refractivity contribution in [3.63, 3.8) is 0 Å². The summed E-state index contributed by atoms with van der Waals surface area (Å²) in [6.07, 6.45) is -6.84. The third-order valence-electron chi connectivity index (χ3n) is 3.67. The Bertz CT molecular complexity index is 684. The van der Waals surface area contributed by atoms with Gasteiger partial charge in [0.25, 0.3) is 10.1 Å². The summed E-state index contributed by atoms with van der Waals surface area (Å²) in [5, 5.41) is 0. The van der Waals surface area contributed by atoms with Gasteiger partial charge in [0.1, 0.15) is 5.75 Å². The summed E-state index contributed by atoms with van der Waals surface area (Å²) in [5.74, 6) is -3.58. The zero-order valence-electron chi connectivity index (χ0n) is 11.9. The van der Waals surface area contributed by atoms with E-state index < -0.39 is 40.0 Å². The SMILES string of the molecule is O=C(OC(CS(=O)(=O)O)C(F)(F)F)C1CCc2ccccc2C1. The van der Waals surface area contributed by atoms with Crippen LogP contribution in [0, 0.1) is 5.92 Å². The summed E-state index contributed by atoms with van der Waals surface area (Å²) < 4.78 is 72.6. The first-order valence-electron chi connectivity index (χ1n) is 6.85. The molecule has 0 aliphatic heterocycles.